The third-order valence-electron chi connectivity index (χ3n) is 3.85. The second-order valence-corrected chi connectivity index (χ2v) is 5.42. The fraction of sp³-hybridized carbons (Fsp3) is 0.533. The Kier molecular flexibility index (Phi) is 4.69. The molecule has 2 rings (SSSR count). The number of aliphatic hydroxyl groups is 1. The van der Waals surface area contributed by atoms with Crippen LogP contribution in [0.4, 0.5) is 11.4 Å². The van der Waals surface area contributed by atoms with Crippen LogP contribution in [0.1, 0.15) is 23.2 Å². The first kappa shape index (κ1) is 15.6. The van der Waals surface area contributed by atoms with Gasteiger partial charge >= 0.3 is 5.97 Å². The Morgan fingerprint density at radius 2 is 2.14 bits per heavy atom. The van der Waals surface area contributed by atoms with Crippen molar-refractivity contribution in [2.45, 2.75) is 18.4 Å². The molecule has 1 fully saturated rings. The quantitative estimate of drug-likeness (QED) is 0.637. The first-order valence-corrected chi connectivity index (χ1v) is 6.95. The van der Waals surface area contributed by atoms with Crippen molar-refractivity contribution in [3.05, 3.63) is 23.8 Å². The van der Waals surface area contributed by atoms with E-state index in [4.69, 9.17) is 15.2 Å². The summed E-state index contributed by atoms with van der Waals surface area (Å²) >= 11 is 0. The van der Waals surface area contributed by atoms with Gasteiger partial charge in [-0.1, -0.05) is 6.07 Å². The number of anilines is 2. The van der Waals surface area contributed by atoms with Crippen LogP contribution in [0.5, 0.6) is 0 Å². The summed E-state index contributed by atoms with van der Waals surface area (Å²) in [7, 11) is 3.17. The molecule has 0 unspecified atom stereocenters. The number of esters is 1. The number of benzene rings is 1. The number of carbonyl (C=O) groups is 1. The lowest BCUT2D eigenvalue weighted by Crippen LogP contribution is -2.46. The predicted octanol–water partition coefficient (Wildman–Crippen LogP) is 1.03. The maximum absolute atomic E-state index is 11.7. The lowest BCUT2D eigenvalue weighted by molar-refractivity contribution is -0.0572. The second kappa shape index (κ2) is 6.32. The first-order valence-electron chi connectivity index (χ1n) is 6.95. The van der Waals surface area contributed by atoms with Crippen molar-refractivity contribution >= 4 is 17.3 Å². The van der Waals surface area contributed by atoms with E-state index in [1.54, 1.807) is 12.1 Å². The highest BCUT2D eigenvalue weighted by atomic mass is 16.5. The lowest BCUT2D eigenvalue weighted by Gasteiger charge is -2.36. The average Bonchev–Trinajstić information content (AvgIpc) is 2.46. The van der Waals surface area contributed by atoms with Gasteiger partial charge in [-0.2, -0.15) is 0 Å². The van der Waals surface area contributed by atoms with Crippen LogP contribution in [0.2, 0.25) is 0 Å². The van der Waals surface area contributed by atoms with Gasteiger partial charge < -0.3 is 25.2 Å². The molecule has 0 atom stereocenters. The summed E-state index contributed by atoms with van der Waals surface area (Å²) < 4.78 is 9.99. The van der Waals surface area contributed by atoms with Crippen LogP contribution in [0.25, 0.3) is 0 Å². The van der Waals surface area contributed by atoms with Crippen molar-refractivity contribution in [1.82, 2.24) is 0 Å². The van der Waals surface area contributed by atoms with Gasteiger partial charge in [0, 0.05) is 39.6 Å². The summed E-state index contributed by atoms with van der Waals surface area (Å²) in [6.45, 7) is 1.55. The molecule has 0 aromatic heterocycles. The third-order valence-corrected chi connectivity index (χ3v) is 3.85. The maximum Gasteiger partial charge on any atom is 0.340 e. The summed E-state index contributed by atoms with van der Waals surface area (Å²) in [5, 5.41) is 10.6. The van der Waals surface area contributed by atoms with Crippen molar-refractivity contribution in [3.63, 3.8) is 0 Å². The minimum Gasteiger partial charge on any atom is -0.465 e. The normalized spacial score (nSPS) is 17.3. The number of nitrogens with zero attached hydrogens (tertiary/aromatic N) is 1. The molecule has 3 N–H and O–H groups in total. The molecule has 1 heterocycles. The number of rotatable bonds is 4. The van der Waals surface area contributed by atoms with Gasteiger partial charge in [0.2, 0.25) is 0 Å². The molecule has 1 aromatic carbocycles. The van der Waals surface area contributed by atoms with E-state index in [1.807, 2.05) is 18.0 Å². The van der Waals surface area contributed by atoms with Gasteiger partial charge in [0.15, 0.2) is 0 Å². The third kappa shape index (κ3) is 3.46. The molecule has 0 bridgehead atoms. The number of hydrogen-bond donors (Lipinski definition) is 2. The molecule has 6 nitrogen and oxygen atoms in total. The fourth-order valence-corrected chi connectivity index (χ4v) is 2.61. The zero-order valence-electron chi connectivity index (χ0n) is 12.5. The zero-order chi connectivity index (χ0) is 15.5. The van der Waals surface area contributed by atoms with E-state index in [9.17, 15) is 9.90 Å². The highest BCUT2D eigenvalue weighted by molar-refractivity contribution is 5.98. The fourth-order valence-electron chi connectivity index (χ4n) is 2.61. The van der Waals surface area contributed by atoms with Gasteiger partial charge in [-0.3, -0.25) is 0 Å². The molecule has 1 aliphatic heterocycles. The summed E-state index contributed by atoms with van der Waals surface area (Å²) in [5.74, 6) is -0.465. The largest absolute Gasteiger partial charge is 0.465 e. The molecule has 21 heavy (non-hydrogen) atoms. The second-order valence-electron chi connectivity index (χ2n) is 5.42. The Morgan fingerprint density at radius 3 is 2.76 bits per heavy atom. The molecular formula is C15H22N2O4. The van der Waals surface area contributed by atoms with Crippen LogP contribution >= 0.6 is 0 Å². The van der Waals surface area contributed by atoms with E-state index in [-0.39, 0.29) is 0 Å². The highest BCUT2D eigenvalue weighted by Gasteiger charge is 2.31. The van der Waals surface area contributed by atoms with E-state index < -0.39 is 11.6 Å². The SMILES string of the molecule is COC(=O)c1cccc(N(C)CC2(O)CCOCC2)c1N. The molecule has 6 heteroatoms. The minimum atomic E-state index is -0.791. The Balaban J connectivity index is 2.19. The molecule has 0 radical (unpaired) electrons. The maximum atomic E-state index is 11.7. The number of nitrogens with two attached hydrogens (primary N) is 1. The van der Waals surface area contributed by atoms with Gasteiger partial charge in [-0.05, 0) is 12.1 Å². The van der Waals surface area contributed by atoms with Gasteiger partial charge in [-0.25, -0.2) is 4.79 Å². The molecule has 116 valence electrons. The van der Waals surface area contributed by atoms with Crippen LogP contribution in [0.3, 0.4) is 0 Å². The number of nitrogen functional groups attached to an aromatic ring is 1. The van der Waals surface area contributed by atoms with Gasteiger partial charge in [0.1, 0.15) is 0 Å². The Labute approximate surface area is 124 Å². The Bertz CT molecular complexity index is 512. The summed E-state index contributed by atoms with van der Waals surface area (Å²) in [6, 6.07) is 5.20. The van der Waals surface area contributed by atoms with Crippen molar-refractivity contribution in [3.8, 4) is 0 Å². The Morgan fingerprint density at radius 1 is 1.48 bits per heavy atom. The van der Waals surface area contributed by atoms with Crippen molar-refractivity contribution in [2.24, 2.45) is 0 Å². The number of carbonyl (C=O) groups excluding carboxylic acids is 1. The van der Waals surface area contributed by atoms with Crippen LogP contribution < -0.4 is 10.6 Å². The standard InChI is InChI=1S/C15H22N2O4/c1-17(10-15(19)6-8-21-9-7-15)12-5-3-4-11(13(12)16)14(18)20-2/h3-5,19H,6-10,16H2,1-2H3. The predicted molar refractivity (Wildman–Crippen MR) is 80.5 cm³/mol. The first-order chi connectivity index (χ1) is 9.97. The van der Waals surface area contributed by atoms with Crippen LogP contribution in [-0.2, 0) is 9.47 Å². The summed E-state index contributed by atoms with van der Waals surface area (Å²) in [6.07, 6.45) is 1.18. The molecule has 1 saturated heterocycles. The van der Waals surface area contributed by atoms with Crippen LogP contribution in [-0.4, -0.2) is 50.6 Å². The topological polar surface area (TPSA) is 85.0 Å². The zero-order valence-corrected chi connectivity index (χ0v) is 12.5. The Hall–Kier alpha value is -1.79. The van der Waals surface area contributed by atoms with E-state index in [1.165, 1.54) is 7.11 Å². The van der Waals surface area contributed by atoms with Crippen molar-refractivity contribution < 1.29 is 19.4 Å². The van der Waals surface area contributed by atoms with Crippen molar-refractivity contribution in [2.75, 3.05) is 44.5 Å². The van der Waals surface area contributed by atoms with Crippen LogP contribution in [0.15, 0.2) is 18.2 Å². The van der Waals surface area contributed by atoms with E-state index in [2.05, 4.69) is 0 Å². The number of hydrogen-bond acceptors (Lipinski definition) is 6. The lowest BCUT2D eigenvalue weighted by atomic mass is 9.93. The summed E-state index contributed by atoms with van der Waals surface area (Å²) in [5.41, 5.74) is 6.67. The number of ether oxygens (including phenoxy) is 2. The van der Waals surface area contributed by atoms with Gasteiger partial charge in [0.25, 0.3) is 0 Å². The smallest absolute Gasteiger partial charge is 0.340 e. The molecule has 0 saturated carbocycles. The van der Waals surface area contributed by atoms with Crippen LogP contribution in [0, 0.1) is 0 Å². The monoisotopic (exact) mass is 294 g/mol. The van der Waals surface area contributed by atoms with E-state index in [0.29, 0.717) is 49.5 Å². The molecule has 1 aliphatic rings. The molecule has 0 spiro atoms. The van der Waals surface area contributed by atoms with Crippen molar-refractivity contribution in [1.29, 1.82) is 0 Å². The molecule has 0 amide bonds. The summed E-state index contributed by atoms with van der Waals surface area (Å²) in [4.78, 5) is 13.5. The number of likely N-dealkylation sites (N-methyl/N-ethyl adjacent to an activating group) is 1. The van der Waals surface area contributed by atoms with Gasteiger partial charge in [-0.15, -0.1) is 0 Å². The number of para-hydroxylation sites is 1. The van der Waals surface area contributed by atoms with E-state index >= 15 is 0 Å². The molecule has 0 aliphatic carbocycles. The van der Waals surface area contributed by atoms with E-state index in [0.717, 1.165) is 0 Å². The molecular weight excluding hydrogens is 272 g/mol. The number of methoxy groups -OCH3 is 1. The molecule has 1 aromatic rings. The minimum absolute atomic E-state index is 0.334. The van der Waals surface area contributed by atoms with Gasteiger partial charge in [0.05, 0.1) is 29.6 Å². The average molecular weight is 294 g/mol. The highest BCUT2D eigenvalue weighted by Crippen LogP contribution is 2.29.